The van der Waals surface area contributed by atoms with Gasteiger partial charge in [0.1, 0.15) is 11.6 Å². The molecule has 3 rings (SSSR count). The average Bonchev–Trinajstić information content (AvgIpc) is 2.84. The highest BCUT2D eigenvalue weighted by Crippen LogP contribution is 2.45. The van der Waals surface area contributed by atoms with Crippen molar-refractivity contribution in [3.05, 3.63) is 53.9 Å². The van der Waals surface area contributed by atoms with Gasteiger partial charge in [-0.25, -0.2) is 8.42 Å². The third-order valence-electron chi connectivity index (χ3n) is 5.19. The Bertz CT molecular complexity index is 1050. The van der Waals surface area contributed by atoms with Crippen LogP contribution in [0.2, 0.25) is 0 Å². The summed E-state index contributed by atoms with van der Waals surface area (Å²) in [4.78, 5) is 4.11. The van der Waals surface area contributed by atoms with Crippen molar-refractivity contribution < 1.29 is 13.2 Å². The summed E-state index contributed by atoms with van der Waals surface area (Å²) < 4.78 is 34.3. The van der Waals surface area contributed by atoms with Crippen LogP contribution in [0.25, 0.3) is 0 Å². The molecule has 6 nitrogen and oxygen atoms in total. The lowest BCUT2D eigenvalue weighted by molar-refractivity contribution is 0.417. The van der Waals surface area contributed by atoms with Gasteiger partial charge < -0.3 is 14.5 Å². The van der Waals surface area contributed by atoms with Gasteiger partial charge in [0.25, 0.3) is 10.0 Å². The highest BCUT2D eigenvalue weighted by atomic mass is 32.2. The molecule has 0 fully saturated rings. The number of rotatable bonds is 5. The zero-order chi connectivity index (χ0) is 20.8. The van der Waals surface area contributed by atoms with E-state index in [4.69, 9.17) is 4.74 Å². The summed E-state index contributed by atoms with van der Waals surface area (Å²) in [7, 11) is 1.56. The molecule has 1 aliphatic heterocycles. The Balaban J connectivity index is 2.03. The third kappa shape index (κ3) is 3.30. The van der Waals surface area contributed by atoms with Crippen LogP contribution in [-0.4, -0.2) is 29.6 Å². The number of fused-ring (bicyclic) bond motifs is 1. The Kier molecular flexibility index (Phi) is 5.06. The molecule has 0 aliphatic carbocycles. The van der Waals surface area contributed by atoms with Crippen molar-refractivity contribution >= 4 is 27.1 Å². The molecule has 7 heteroatoms. The molecular weight excluding hydrogens is 374 g/mol. The van der Waals surface area contributed by atoms with Crippen LogP contribution in [-0.2, 0) is 10.0 Å². The van der Waals surface area contributed by atoms with Gasteiger partial charge in [0.05, 0.1) is 29.1 Å². The van der Waals surface area contributed by atoms with Crippen molar-refractivity contribution in [1.82, 2.24) is 0 Å². The summed E-state index contributed by atoms with van der Waals surface area (Å²) in [6.45, 7) is 10.0. The molecule has 0 aromatic heterocycles. The number of sulfonamides is 1. The van der Waals surface area contributed by atoms with Crippen LogP contribution in [0.3, 0.4) is 0 Å². The number of anilines is 3. The van der Waals surface area contributed by atoms with Crippen LogP contribution >= 0.6 is 0 Å². The molecule has 1 aliphatic rings. The molecule has 150 valence electrons. The molecule has 0 atom stereocenters. The van der Waals surface area contributed by atoms with E-state index in [1.54, 1.807) is 12.1 Å². The van der Waals surface area contributed by atoms with E-state index >= 15 is 0 Å². The number of hydrogen-bond acceptors (Lipinski definition) is 5. The van der Waals surface area contributed by atoms with Gasteiger partial charge >= 0.3 is 0 Å². The SMILES string of the molecule is C=C1N(C)c2cc(NS(=O)(=O)c3ccc(C(C)C)cc3C)c(OC)cc2N1C. The van der Waals surface area contributed by atoms with E-state index in [-0.39, 0.29) is 4.90 Å². The summed E-state index contributed by atoms with van der Waals surface area (Å²) in [5.74, 6) is 1.59. The number of hydrogen-bond donors (Lipinski definition) is 1. The maximum Gasteiger partial charge on any atom is 0.262 e. The van der Waals surface area contributed by atoms with Gasteiger partial charge in [0, 0.05) is 20.2 Å². The second kappa shape index (κ2) is 7.05. The molecule has 0 bridgehead atoms. The second-order valence-corrected chi connectivity index (χ2v) is 9.01. The van der Waals surface area contributed by atoms with E-state index in [0.29, 0.717) is 22.9 Å². The van der Waals surface area contributed by atoms with E-state index in [9.17, 15) is 8.42 Å². The normalized spacial score (nSPS) is 13.9. The molecule has 0 saturated heterocycles. The quantitative estimate of drug-likeness (QED) is 0.810. The van der Waals surface area contributed by atoms with Crippen molar-refractivity contribution in [2.24, 2.45) is 0 Å². The summed E-state index contributed by atoms with van der Waals surface area (Å²) in [6.07, 6.45) is 0. The van der Waals surface area contributed by atoms with E-state index in [1.807, 2.05) is 49.0 Å². The molecule has 2 aromatic rings. The molecule has 0 saturated carbocycles. The van der Waals surface area contributed by atoms with Crippen LogP contribution < -0.4 is 19.3 Å². The minimum absolute atomic E-state index is 0.259. The maximum absolute atomic E-state index is 13.1. The average molecular weight is 402 g/mol. The predicted molar refractivity (Wildman–Crippen MR) is 115 cm³/mol. The number of nitrogens with one attached hydrogen (secondary N) is 1. The number of ether oxygens (including phenoxy) is 1. The van der Waals surface area contributed by atoms with Crippen molar-refractivity contribution in [2.75, 3.05) is 35.7 Å². The summed E-state index contributed by atoms with van der Waals surface area (Å²) >= 11 is 0. The van der Waals surface area contributed by atoms with Gasteiger partial charge in [-0.1, -0.05) is 32.6 Å². The number of aryl methyl sites for hydroxylation is 1. The largest absolute Gasteiger partial charge is 0.494 e. The summed E-state index contributed by atoms with van der Waals surface area (Å²) in [5.41, 5.74) is 3.98. The summed E-state index contributed by atoms with van der Waals surface area (Å²) in [5, 5.41) is 0. The molecule has 0 spiro atoms. The molecule has 0 amide bonds. The van der Waals surface area contributed by atoms with Gasteiger partial charge in [-0.2, -0.15) is 0 Å². The van der Waals surface area contributed by atoms with E-state index in [2.05, 4.69) is 25.1 Å². The zero-order valence-corrected chi connectivity index (χ0v) is 18.0. The molecule has 2 aromatic carbocycles. The molecule has 28 heavy (non-hydrogen) atoms. The number of benzene rings is 2. The Labute approximate surface area is 167 Å². The zero-order valence-electron chi connectivity index (χ0n) is 17.2. The predicted octanol–water partition coefficient (Wildman–Crippen LogP) is 4.29. The van der Waals surface area contributed by atoms with Gasteiger partial charge in [-0.15, -0.1) is 0 Å². The highest BCUT2D eigenvalue weighted by molar-refractivity contribution is 7.92. The first kappa shape index (κ1) is 20.1. The van der Waals surface area contributed by atoms with Crippen molar-refractivity contribution in [3.63, 3.8) is 0 Å². The fourth-order valence-corrected chi connectivity index (χ4v) is 4.67. The molecule has 1 heterocycles. The summed E-state index contributed by atoms with van der Waals surface area (Å²) in [6, 6.07) is 9.04. The van der Waals surface area contributed by atoms with E-state index in [0.717, 1.165) is 22.8 Å². The second-order valence-electron chi connectivity index (χ2n) is 7.36. The van der Waals surface area contributed by atoms with Crippen LogP contribution in [0.5, 0.6) is 5.75 Å². The molecule has 0 unspecified atom stereocenters. The number of nitrogens with zero attached hydrogens (tertiary/aromatic N) is 2. The van der Waals surface area contributed by atoms with Gasteiger partial charge in [-0.3, -0.25) is 4.72 Å². The first-order valence-electron chi connectivity index (χ1n) is 9.08. The van der Waals surface area contributed by atoms with Crippen LogP contribution in [0, 0.1) is 6.92 Å². The minimum atomic E-state index is -3.77. The lowest BCUT2D eigenvalue weighted by atomic mass is 10.0. The van der Waals surface area contributed by atoms with Crippen LogP contribution in [0.15, 0.2) is 47.6 Å². The Morgan fingerprint density at radius 3 is 2.21 bits per heavy atom. The monoisotopic (exact) mass is 401 g/mol. The Morgan fingerprint density at radius 1 is 1.07 bits per heavy atom. The third-order valence-corrected chi connectivity index (χ3v) is 6.72. The first-order valence-corrected chi connectivity index (χ1v) is 10.6. The van der Waals surface area contributed by atoms with Gasteiger partial charge in [0.2, 0.25) is 0 Å². The van der Waals surface area contributed by atoms with Gasteiger partial charge in [-0.05, 0) is 36.1 Å². The van der Waals surface area contributed by atoms with Crippen molar-refractivity contribution in [1.29, 1.82) is 0 Å². The topological polar surface area (TPSA) is 61.9 Å². The Morgan fingerprint density at radius 2 is 1.68 bits per heavy atom. The molecule has 1 N–H and O–H groups in total. The maximum atomic E-state index is 13.1. The smallest absolute Gasteiger partial charge is 0.262 e. The highest BCUT2D eigenvalue weighted by Gasteiger charge is 2.28. The van der Waals surface area contributed by atoms with Gasteiger partial charge in [0.15, 0.2) is 0 Å². The van der Waals surface area contributed by atoms with E-state index in [1.165, 1.54) is 7.11 Å². The Hall–Kier alpha value is -2.67. The van der Waals surface area contributed by atoms with E-state index < -0.39 is 10.0 Å². The van der Waals surface area contributed by atoms with Crippen LogP contribution in [0.4, 0.5) is 17.1 Å². The van der Waals surface area contributed by atoms with Crippen molar-refractivity contribution in [2.45, 2.75) is 31.6 Å². The molecule has 0 radical (unpaired) electrons. The van der Waals surface area contributed by atoms with Crippen LogP contribution in [0.1, 0.15) is 30.9 Å². The lowest BCUT2D eigenvalue weighted by Gasteiger charge is -2.17. The molecular formula is C21H27N3O3S. The lowest BCUT2D eigenvalue weighted by Crippen LogP contribution is -2.20. The minimum Gasteiger partial charge on any atom is -0.494 e. The standard InChI is InChI=1S/C21H27N3O3S/c1-13(2)16-8-9-21(14(3)10-16)28(25,26)22-17-11-18-19(12-20(17)27-7)24(6)15(4)23(18)5/h8-13,22H,4H2,1-3,5-7H3. The fourth-order valence-electron chi connectivity index (χ4n) is 3.38. The fraction of sp³-hybridized carbons (Fsp3) is 0.333. The van der Waals surface area contributed by atoms with Crippen molar-refractivity contribution in [3.8, 4) is 5.75 Å². The number of methoxy groups -OCH3 is 1. The first-order chi connectivity index (χ1) is 13.1.